The first kappa shape index (κ1) is 15.7. The number of phenolic OH excluding ortho intramolecular Hbond substituents is 1. The molecular formula is C19H16O6. The van der Waals surface area contributed by atoms with Crippen molar-refractivity contribution in [2.24, 2.45) is 5.92 Å². The van der Waals surface area contributed by atoms with E-state index in [9.17, 15) is 14.7 Å². The highest BCUT2D eigenvalue weighted by atomic mass is 16.5. The summed E-state index contributed by atoms with van der Waals surface area (Å²) in [5, 5.41) is 11.2. The van der Waals surface area contributed by atoms with Crippen LogP contribution in [0, 0.1) is 5.92 Å². The van der Waals surface area contributed by atoms with Gasteiger partial charge in [-0.25, -0.2) is 4.79 Å². The second kappa shape index (κ2) is 6.22. The van der Waals surface area contributed by atoms with Gasteiger partial charge in [-0.1, -0.05) is 0 Å². The Balaban J connectivity index is 1.66. The number of carbonyl (C=O) groups is 1. The number of esters is 1. The summed E-state index contributed by atoms with van der Waals surface area (Å²) in [6.07, 6.45) is 1.17. The molecule has 1 aliphatic rings. The summed E-state index contributed by atoms with van der Waals surface area (Å²) >= 11 is 0. The molecule has 6 nitrogen and oxygen atoms in total. The van der Waals surface area contributed by atoms with Gasteiger partial charge in [0.05, 0.1) is 18.4 Å². The van der Waals surface area contributed by atoms with E-state index in [1.54, 1.807) is 18.2 Å². The molecule has 1 aromatic heterocycles. The highest BCUT2D eigenvalue weighted by Crippen LogP contribution is 2.28. The Bertz CT molecular complexity index is 1010. The minimum Gasteiger partial charge on any atom is -0.508 e. The van der Waals surface area contributed by atoms with Gasteiger partial charge in [-0.2, -0.15) is 0 Å². The zero-order valence-electron chi connectivity index (χ0n) is 13.4. The van der Waals surface area contributed by atoms with E-state index in [2.05, 4.69) is 0 Å². The van der Waals surface area contributed by atoms with E-state index in [1.165, 1.54) is 18.2 Å². The summed E-state index contributed by atoms with van der Waals surface area (Å²) < 4.78 is 15.9. The Morgan fingerprint density at radius 2 is 2.00 bits per heavy atom. The molecule has 1 fully saturated rings. The van der Waals surface area contributed by atoms with Crippen LogP contribution in [0.15, 0.2) is 45.6 Å². The van der Waals surface area contributed by atoms with Crippen molar-refractivity contribution in [2.45, 2.75) is 12.8 Å². The number of ether oxygens (including phenoxy) is 2. The van der Waals surface area contributed by atoms with Gasteiger partial charge in [0.1, 0.15) is 17.1 Å². The molecule has 0 saturated carbocycles. The van der Waals surface area contributed by atoms with Crippen molar-refractivity contribution in [1.29, 1.82) is 0 Å². The summed E-state index contributed by atoms with van der Waals surface area (Å²) in [6.45, 7) is 1.27. The van der Waals surface area contributed by atoms with Crippen molar-refractivity contribution in [3.63, 3.8) is 0 Å². The smallest absolute Gasteiger partial charge is 0.344 e. The van der Waals surface area contributed by atoms with Gasteiger partial charge in [0, 0.05) is 23.4 Å². The van der Waals surface area contributed by atoms with Crippen molar-refractivity contribution < 1.29 is 23.8 Å². The Hall–Kier alpha value is -2.86. The number of fused-ring (bicyclic) bond motifs is 3. The predicted molar refractivity (Wildman–Crippen MR) is 90.8 cm³/mol. The van der Waals surface area contributed by atoms with E-state index >= 15 is 0 Å². The second-order valence-electron chi connectivity index (χ2n) is 6.19. The summed E-state index contributed by atoms with van der Waals surface area (Å²) in [5.41, 5.74) is -0.220. The van der Waals surface area contributed by atoms with Crippen LogP contribution in [0.25, 0.3) is 21.7 Å². The molecule has 1 unspecified atom stereocenters. The highest BCUT2D eigenvalue weighted by molar-refractivity contribution is 6.05. The number of benzene rings is 2. The van der Waals surface area contributed by atoms with Crippen LogP contribution in [0.1, 0.15) is 12.8 Å². The minimum atomic E-state index is -0.551. The molecule has 25 heavy (non-hydrogen) atoms. The van der Waals surface area contributed by atoms with Gasteiger partial charge in [0.2, 0.25) is 0 Å². The Labute approximate surface area is 142 Å². The minimum absolute atomic E-state index is 0.000549. The third-order valence-corrected chi connectivity index (χ3v) is 4.38. The van der Waals surface area contributed by atoms with Crippen LogP contribution in [0.4, 0.5) is 0 Å². The Kier molecular flexibility index (Phi) is 3.89. The quantitative estimate of drug-likeness (QED) is 0.341. The van der Waals surface area contributed by atoms with E-state index in [-0.39, 0.29) is 17.6 Å². The van der Waals surface area contributed by atoms with Crippen molar-refractivity contribution in [3.05, 3.63) is 46.8 Å². The van der Waals surface area contributed by atoms with Gasteiger partial charge in [-0.05, 0) is 42.7 Å². The summed E-state index contributed by atoms with van der Waals surface area (Å²) in [5.74, 6) is 0.198. The Morgan fingerprint density at radius 1 is 1.16 bits per heavy atom. The Morgan fingerprint density at radius 3 is 2.80 bits per heavy atom. The standard InChI is InChI=1S/C19H16O6/c20-12-1-3-14-15-4-2-13(9-17(15)25-19(22)16(14)8-12)24-18(21)7-11-5-6-23-10-11/h1-4,8-9,11,20H,5-7,10H2. The number of carbonyl (C=O) groups excluding carboxylic acids is 1. The first-order valence-corrected chi connectivity index (χ1v) is 8.08. The maximum Gasteiger partial charge on any atom is 0.344 e. The number of aromatic hydroxyl groups is 1. The highest BCUT2D eigenvalue weighted by Gasteiger charge is 2.20. The molecule has 0 radical (unpaired) electrons. The third kappa shape index (κ3) is 3.08. The van der Waals surface area contributed by atoms with E-state index in [0.29, 0.717) is 47.1 Å². The summed E-state index contributed by atoms with van der Waals surface area (Å²) in [7, 11) is 0. The largest absolute Gasteiger partial charge is 0.508 e. The molecule has 4 rings (SSSR count). The number of hydrogen-bond donors (Lipinski definition) is 1. The van der Waals surface area contributed by atoms with E-state index < -0.39 is 5.63 Å². The van der Waals surface area contributed by atoms with Crippen LogP contribution in [-0.2, 0) is 9.53 Å². The van der Waals surface area contributed by atoms with Gasteiger partial charge in [0.25, 0.3) is 0 Å². The molecule has 3 aromatic rings. The van der Waals surface area contributed by atoms with E-state index in [4.69, 9.17) is 13.9 Å². The molecule has 2 heterocycles. The monoisotopic (exact) mass is 340 g/mol. The molecular weight excluding hydrogens is 324 g/mol. The fourth-order valence-corrected chi connectivity index (χ4v) is 3.12. The topological polar surface area (TPSA) is 86.0 Å². The maximum atomic E-state index is 12.1. The third-order valence-electron chi connectivity index (χ3n) is 4.38. The lowest BCUT2D eigenvalue weighted by atomic mass is 10.1. The fraction of sp³-hybridized carbons (Fsp3) is 0.263. The normalized spacial score (nSPS) is 17.2. The lowest BCUT2D eigenvalue weighted by Crippen LogP contribution is -2.14. The molecule has 1 atom stereocenters. The number of phenols is 1. The van der Waals surface area contributed by atoms with Gasteiger partial charge in [0.15, 0.2) is 0 Å². The molecule has 1 saturated heterocycles. The maximum absolute atomic E-state index is 12.1. The zero-order chi connectivity index (χ0) is 17.4. The fourth-order valence-electron chi connectivity index (χ4n) is 3.12. The van der Waals surface area contributed by atoms with Gasteiger partial charge >= 0.3 is 11.6 Å². The van der Waals surface area contributed by atoms with Crippen LogP contribution in [0.5, 0.6) is 11.5 Å². The molecule has 0 aliphatic carbocycles. The molecule has 1 N–H and O–H groups in total. The molecule has 1 aliphatic heterocycles. The van der Waals surface area contributed by atoms with Crippen LogP contribution in [0.3, 0.4) is 0 Å². The SMILES string of the molecule is O=C(CC1CCOC1)Oc1ccc2c(c1)oc(=O)c1cc(O)ccc12. The van der Waals surface area contributed by atoms with Crippen molar-refractivity contribution in [3.8, 4) is 11.5 Å². The first-order valence-electron chi connectivity index (χ1n) is 8.08. The second-order valence-corrected chi connectivity index (χ2v) is 6.19. The molecule has 0 bridgehead atoms. The average molecular weight is 340 g/mol. The van der Waals surface area contributed by atoms with Crippen LogP contribution >= 0.6 is 0 Å². The molecule has 2 aromatic carbocycles. The van der Waals surface area contributed by atoms with Crippen molar-refractivity contribution in [2.75, 3.05) is 13.2 Å². The van der Waals surface area contributed by atoms with E-state index in [0.717, 1.165) is 6.42 Å². The number of hydrogen-bond acceptors (Lipinski definition) is 6. The van der Waals surface area contributed by atoms with Crippen molar-refractivity contribution in [1.82, 2.24) is 0 Å². The lowest BCUT2D eigenvalue weighted by Gasteiger charge is -2.09. The molecule has 0 spiro atoms. The molecule has 128 valence electrons. The summed E-state index contributed by atoms with van der Waals surface area (Å²) in [6, 6.07) is 9.48. The molecule has 0 amide bonds. The van der Waals surface area contributed by atoms with Crippen molar-refractivity contribution >= 4 is 27.7 Å². The average Bonchev–Trinajstić information content (AvgIpc) is 3.08. The predicted octanol–water partition coefficient (Wildman–Crippen LogP) is 2.98. The van der Waals surface area contributed by atoms with Crippen LogP contribution < -0.4 is 10.4 Å². The molecule has 6 heteroatoms. The first-order chi connectivity index (χ1) is 12.1. The van der Waals surface area contributed by atoms with E-state index in [1.807, 2.05) is 0 Å². The van der Waals surface area contributed by atoms with Crippen LogP contribution in [0.2, 0.25) is 0 Å². The van der Waals surface area contributed by atoms with Gasteiger partial charge in [-0.15, -0.1) is 0 Å². The van der Waals surface area contributed by atoms with Crippen LogP contribution in [-0.4, -0.2) is 24.3 Å². The summed E-state index contributed by atoms with van der Waals surface area (Å²) in [4.78, 5) is 24.1. The van der Waals surface area contributed by atoms with Gasteiger partial charge in [-0.3, -0.25) is 4.79 Å². The number of rotatable bonds is 3. The van der Waals surface area contributed by atoms with Gasteiger partial charge < -0.3 is 19.0 Å². The lowest BCUT2D eigenvalue weighted by molar-refractivity contribution is -0.135. The zero-order valence-corrected chi connectivity index (χ0v) is 13.4.